The van der Waals surface area contributed by atoms with Gasteiger partial charge in [0.05, 0.1) is 11.1 Å². The van der Waals surface area contributed by atoms with E-state index < -0.39 is 0 Å². The Morgan fingerprint density at radius 3 is 2.13 bits per heavy atom. The third kappa shape index (κ3) is 8.87. The Morgan fingerprint density at radius 2 is 1.57 bits per heavy atom. The molecule has 2 rings (SSSR count). The third-order valence-electron chi connectivity index (χ3n) is 4.62. The normalized spacial score (nSPS) is 11.7. The number of hydrogen-bond acceptors (Lipinski definition) is 3. The molecular weight excluding hydrogens is 462 g/mol. The van der Waals surface area contributed by atoms with Gasteiger partial charge in [-0.2, -0.15) is 0 Å². The highest BCUT2D eigenvalue weighted by atomic mass is 79.9. The third-order valence-corrected chi connectivity index (χ3v) is 5.21. The number of rotatable bonds is 9. The van der Waals surface area contributed by atoms with Crippen LogP contribution in [0.4, 0.5) is 0 Å². The van der Waals surface area contributed by atoms with E-state index in [0.717, 1.165) is 34.5 Å². The van der Waals surface area contributed by atoms with Gasteiger partial charge in [0.15, 0.2) is 11.5 Å². The van der Waals surface area contributed by atoms with Crippen molar-refractivity contribution in [2.45, 2.75) is 73.6 Å². The maximum atomic E-state index is 6.12. The molecule has 0 spiro atoms. The molecule has 30 heavy (non-hydrogen) atoms. The summed E-state index contributed by atoms with van der Waals surface area (Å²) in [5.41, 5.74) is 3.89. The van der Waals surface area contributed by atoms with Crippen LogP contribution < -0.4 is 14.8 Å². The molecule has 168 valence electrons. The second-order valence-electron chi connectivity index (χ2n) is 9.59. The average molecular weight is 499 g/mol. The number of nitrogens with one attached hydrogen (secondary N) is 1. The summed E-state index contributed by atoms with van der Waals surface area (Å²) < 4.78 is 12.9. The van der Waals surface area contributed by atoms with Crippen molar-refractivity contribution in [1.82, 2.24) is 5.32 Å². The summed E-state index contributed by atoms with van der Waals surface area (Å²) >= 11 is 3.69. The standard InChI is InChI=1S/C25H36BrNO2.ClH/c1-8-28-22-14-20(15-27-25(6,7)17-24(3,4)5)13-21(26)23(22)29-16-19-11-9-18(2)10-12-19;/h9-14,27H,8,15-17H2,1-7H3;1H. The van der Waals surface area contributed by atoms with Crippen molar-refractivity contribution in [3.8, 4) is 11.5 Å². The highest BCUT2D eigenvalue weighted by Crippen LogP contribution is 2.38. The SMILES string of the molecule is CCOc1cc(CNC(C)(C)CC(C)(C)C)cc(Br)c1OCc1ccc(C)cc1.Cl. The first-order chi connectivity index (χ1) is 13.5. The van der Waals surface area contributed by atoms with Crippen LogP contribution in [0, 0.1) is 12.3 Å². The highest BCUT2D eigenvalue weighted by molar-refractivity contribution is 9.10. The Balaban J connectivity index is 0.00000450. The molecule has 0 aliphatic carbocycles. The van der Waals surface area contributed by atoms with Crippen LogP contribution in [0.3, 0.4) is 0 Å². The summed E-state index contributed by atoms with van der Waals surface area (Å²) in [4.78, 5) is 0. The van der Waals surface area contributed by atoms with E-state index in [-0.39, 0.29) is 23.4 Å². The molecule has 0 bridgehead atoms. The van der Waals surface area contributed by atoms with Crippen LogP contribution in [0.15, 0.2) is 40.9 Å². The summed E-state index contributed by atoms with van der Waals surface area (Å²) in [6.45, 7) is 17.3. The van der Waals surface area contributed by atoms with E-state index in [1.54, 1.807) is 0 Å². The summed E-state index contributed by atoms with van der Waals surface area (Å²) in [5, 5.41) is 3.69. The number of benzene rings is 2. The molecule has 0 amide bonds. The molecule has 3 nitrogen and oxygen atoms in total. The molecule has 0 unspecified atom stereocenters. The fourth-order valence-corrected chi connectivity index (χ4v) is 4.30. The van der Waals surface area contributed by atoms with E-state index in [9.17, 15) is 0 Å². The lowest BCUT2D eigenvalue weighted by Gasteiger charge is -2.33. The minimum Gasteiger partial charge on any atom is -0.490 e. The van der Waals surface area contributed by atoms with Crippen molar-refractivity contribution in [1.29, 1.82) is 0 Å². The Hall–Kier alpha value is -1.23. The first kappa shape index (κ1) is 26.8. The van der Waals surface area contributed by atoms with Crippen LogP contribution in [0.1, 0.15) is 64.7 Å². The summed E-state index contributed by atoms with van der Waals surface area (Å²) in [6.07, 6.45) is 1.09. The van der Waals surface area contributed by atoms with Gasteiger partial charge in [-0.15, -0.1) is 12.4 Å². The van der Waals surface area contributed by atoms with Crippen molar-refractivity contribution in [2.24, 2.45) is 5.41 Å². The Labute approximate surface area is 197 Å². The lowest BCUT2D eigenvalue weighted by Crippen LogP contribution is -2.41. The smallest absolute Gasteiger partial charge is 0.175 e. The molecule has 5 heteroatoms. The van der Waals surface area contributed by atoms with Gasteiger partial charge >= 0.3 is 0 Å². The average Bonchev–Trinajstić information content (AvgIpc) is 2.59. The Morgan fingerprint density at radius 1 is 0.933 bits per heavy atom. The number of ether oxygens (including phenoxy) is 2. The lowest BCUT2D eigenvalue weighted by atomic mass is 9.82. The highest BCUT2D eigenvalue weighted by Gasteiger charge is 2.25. The van der Waals surface area contributed by atoms with E-state index in [0.29, 0.717) is 13.2 Å². The summed E-state index contributed by atoms with van der Waals surface area (Å²) in [7, 11) is 0. The van der Waals surface area contributed by atoms with Gasteiger partial charge in [0, 0.05) is 12.1 Å². The van der Waals surface area contributed by atoms with E-state index in [2.05, 4.69) is 99.2 Å². The van der Waals surface area contributed by atoms with Gasteiger partial charge in [-0.25, -0.2) is 0 Å². The van der Waals surface area contributed by atoms with E-state index in [1.165, 1.54) is 11.1 Å². The second-order valence-corrected chi connectivity index (χ2v) is 10.4. The van der Waals surface area contributed by atoms with Crippen molar-refractivity contribution < 1.29 is 9.47 Å². The zero-order valence-electron chi connectivity index (χ0n) is 19.4. The van der Waals surface area contributed by atoms with Gasteiger partial charge in [0.25, 0.3) is 0 Å². The quantitative estimate of drug-likeness (QED) is 0.389. The molecule has 0 radical (unpaired) electrons. The van der Waals surface area contributed by atoms with E-state index >= 15 is 0 Å². The van der Waals surface area contributed by atoms with Crippen molar-refractivity contribution in [3.63, 3.8) is 0 Å². The maximum absolute atomic E-state index is 6.12. The van der Waals surface area contributed by atoms with E-state index in [1.807, 2.05) is 6.92 Å². The molecule has 2 aromatic carbocycles. The van der Waals surface area contributed by atoms with Crippen molar-refractivity contribution >= 4 is 28.3 Å². The number of halogens is 2. The zero-order chi connectivity index (χ0) is 21.7. The molecule has 0 saturated carbocycles. The van der Waals surface area contributed by atoms with Crippen molar-refractivity contribution in [3.05, 3.63) is 57.6 Å². The van der Waals surface area contributed by atoms with Gasteiger partial charge in [-0.3, -0.25) is 0 Å². The molecule has 0 saturated heterocycles. The number of hydrogen-bond donors (Lipinski definition) is 1. The maximum Gasteiger partial charge on any atom is 0.175 e. The Bertz CT molecular complexity index is 798. The predicted octanol–water partition coefficient (Wildman–Crippen LogP) is 7.46. The van der Waals surface area contributed by atoms with Gasteiger partial charge in [0.1, 0.15) is 6.61 Å². The molecule has 0 aliphatic heterocycles. The van der Waals surface area contributed by atoms with Crippen LogP contribution >= 0.6 is 28.3 Å². The monoisotopic (exact) mass is 497 g/mol. The molecular formula is C25H37BrClNO2. The minimum absolute atomic E-state index is 0. The molecule has 0 aliphatic rings. The van der Waals surface area contributed by atoms with Crippen molar-refractivity contribution in [2.75, 3.05) is 6.61 Å². The molecule has 0 heterocycles. The fourth-order valence-electron chi connectivity index (χ4n) is 3.70. The largest absolute Gasteiger partial charge is 0.490 e. The fraction of sp³-hybridized carbons (Fsp3) is 0.520. The van der Waals surface area contributed by atoms with Crippen LogP contribution in [0.5, 0.6) is 11.5 Å². The predicted molar refractivity (Wildman–Crippen MR) is 133 cm³/mol. The first-order valence-electron chi connectivity index (χ1n) is 10.4. The second kappa shape index (κ2) is 11.4. The zero-order valence-corrected chi connectivity index (χ0v) is 21.8. The van der Waals surface area contributed by atoms with Gasteiger partial charge in [-0.05, 0) is 78.7 Å². The summed E-state index contributed by atoms with van der Waals surface area (Å²) in [5.74, 6) is 1.53. The van der Waals surface area contributed by atoms with Crippen LogP contribution in [0.25, 0.3) is 0 Å². The van der Waals surface area contributed by atoms with Gasteiger partial charge in [0.2, 0.25) is 0 Å². The molecule has 0 aromatic heterocycles. The van der Waals surface area contributed by atoms with Crippen LogP contribution in [-0.4, -0.2) is 12.1 Å². The molecule has 0 atom stereocenters. The molecule has 2 aromatic rings. The lowest BCUT2D eigenvalue weighted by molar-refractivity contribution is 0.240. The first-order valence-corrected chi connectivity index (χ1v) is 11.2. The van der Waals surface area contributed by atoms with Crippen LogP contribution in [-0.2, 0) is 13.2 Å². The molecule has 1 N–H and O–H groups in total. The topological polar surface area (TPSA) is 30.5 Å². The molecule has 0 fully saturated rings. The van der Waals surface area contributed by atoms with Gasteiger partial charge < -0.3 is 14.8 Å². The van der Waals surface area contributed by atoms with Crippen LogP contribution in [0.2, 0.25) is 0 Å². The van der Waals surface area contributed by atoms with Gasteiger partial charge in [-0.1, -0.05) is 50.6 Å². The number of aryl methyl sites for hydroxylation is 1. The summed E-state index contributed by atoms with van der Waals surface area (Å²) in [6, 6.07) is 12.6. The Kier molecular flexibility index (Phi) is 10.2. The minimum atomic E-state index is 0. The van der Waals surface area contributed by atoms with E-state index in [4.69, 9.17) is 9.47 Å².